The van der Waals surface area contributed by atoms with Crippen molar-refractivity contribution in [3.05, 3.63) is 35.1 Å². The summed E-state index contributed by atoms with van der Waals surface area (Å²) in [6.45, 7) is 2.32. The molecule has 0 aliphatic carbocycles. The average Bonchev–Trinajstić information content (AvgIpc) is 3.43. The van der Waals surface area contributed by atoms with E-state index in [0.29, 0.717) is 46.8 Å². The van der Waals surface area contributed by atoms with Crippen molar-refractivity contribution in [2.75, 3.05) is 24.8 Å². The van der Waals surface area contributed by atoms with E-state index in [9.17, 15) is 4.79 Å². The molecule has 1 atom stereocenters. The van der Waals surface area contributed by atoms with Crippen molar-refractivity contribution < 1.29 is 9.32 Å². The molecule has 1 amide bonds. The number of amides is 1. The van der Waals surface area contributed by atoms with Crippen LogP contribution in [0.5, 0.6) is 0 Å². The highest BCUT2D eigenvalue weighted by Gasteiger charge is 2.26. The van der Waals surface area contributed by atoms with Crippen LogP contribution in [0.25, 0.3) is 11.5 Å². The van der Waals surface area contributed by atoms with Gasteiger partial charge in [0.1, 0.15) is 35.0 Å². The molecule has 0 unspecified atom stereocenters. The summed E-state index contributed by atoms with van der Waals surface area (Å²) in [6.07, 6.45) is 2.50. The fraction of sp³-hybridized carbons (Fsp3) is 0.294. The molecule has 1 aliphatic rings. The molecule has 0 saturated carbocycles. The van der Waals surface area contributed by atoms with Crippen LogP contribution >= 0.6 is 0 Å². The molecule has 0 bridgehead atoms. The number of aromatic amines is 1. The first-order valence-corrected chi connectivity index (χ1v) is 8.88. The van der Waals surface area contributed by atoms with Gasteiger partial charge in [-0.2, -0.15) is 0 Å². The van der Waals surface area contributed by atoms with E-state index in [2.05, 4.69) is 41.2 Å². The van der Waals surface area contributed by atoms with Crippen LogP contribution in [0.15, 0.2) is 16.9 Å². The van der Waals surface area contributed by atoms with E-state index in [1.807, 2.05) is 12.1 Å². The zero-order chi connectivity index (χ0) is 20.5. The topological polar surface area (TPSA) is 161 Å². The minimum absolute atomic E-state index is 0.318. The summed E-state index contributed by atoms with van der Waals surface area (Å²) in [5.74, 6) is 1.84. The standard InChI is InChI=1S/C17H20N10O2/c1-8(22-17(28)13-9-6-27(3)25-14(9)21-7-20-13)12-4-10(26-29-12)16-23-11(5-18)15(19-2)24-16/h4-5,7-8,18-19H,6H2,1-3H3,(H,22,28)(H,23,24)(H,20,21,25)/t8-/m1/s1. The Bertz CT molecular complexity index is 1070. The fourth-order valence-corrected chi connectivity index (χ4v) is 3.06. The van der Waals surface area contributed by atoms with Gasteiger partial charge >= 0.3 is 0 Å². The summed E-state index contributed by atoms with van der Waals surface area (Å²) in [5, 5.41) is 19.0. The third kappa shape index (κ3) is 3.40. The summed E-state index contributed by atoms with van der Waals surface area (Å²) in [5.41, 5.74) is 5.05. The van der Waals surface area contributed by atoms with Gasteiger partial charge in [0.25, 0.3) is 5.91 Å². The molecule has 4 heterocycles. The number of H-pyrrole nitrogens is 1. The van der Waals surface area contributed by atoms with Crippen LogP contribution < -0.4 is 16.1 Å². The van der Waals surface area contributed by atoms with Gasteiger partial charge in [0, 0.05) is 38.5 Å². The van der Waals surface area contributed by atoms with E-state index >= 15 is 0 Å². The van der Waals surface area contributed by atoms with Crippen molar-refractivity contribution >= 4 is 23.8 Å². The van der Waals surface area contributed by atoms with E-state index in [-0.39, 0.29) is 5.91 Å². The van der Waals surface area contributed by atoms with Gasteiger partial charge in [-0.05, 0) is 6.92 Å². The molecule has 5 N–H and O–H groups in total. The van der Waals surface area contributed by atoms with Crippen LogP contribution in [-0.4, -0.2) is 56.3 Å². The number of carbonyl (C=O) groups is 1. The molecule has 150 valence electrons. The van der Waals surface area contributed by atoms with E-state index in [0.717, 1.165) is 11.8 Å². The van der Waals surface area contributed by atoms with Gasteiger partial charge in [-0.1, -0.05) is 5.16 Å². The normalized spacial score (nSPS) is 14.2. The lowest BCUT2D eigenvalue weighted by atomic mass is 10.2. The maximum Gasteiger partial charge on any atom is 0.271 e. The number of hydrogen-bond donors (Lipinski definition) is 5. The second-order valence-electron chi connectivity index (χ2n) is 6.57. The molecule has 0 fully saturated rings. The largest absolute Gasteiger partial charge is 0.373 e. The minimum atomic E-state index is -0.442. The zero-order valence-corrected chi connectivity index (χ0v) is 16.1. The molecular weight excluding hydrogens is 376 g/mol. The van der Waals surface area contributed by atoms with Crippen molar-refractivity contribution in [3.8, 4) is 11.5 Å². The Balaban J connectivity index is 1.51. The molecule has 4 rings (SSSR count). The highest BCUT2D eigenvalue weighted by atomic mass is 16.5. The molecular formula is C17H20N10O2. The lowest BCUT2D eigenvalue weighted by molar-refractivity contribution is 0.0927. The van der Waals surface area contributed by atoms with Crippen molar-refractivity contribution in [2.45, 2.75) is 19.5 Å². The molecule has 12 nitrogen and oxygen atoms in total. The van der Waals surface area contributed by atoms with Crippen molar-refractivity contribution in [1.29, 1.82) is 5.41 Å². The second-order valence-corrected chi connectivity index (χ2v) is 6.57. The van der Waals surface area contributed by atoms with Gasteiger partial charge in [-0.15, -0.1) is 0 Å². The van der Waals surface area contributed by atoms with Crippen LogP contribution in [0.1, 0.15) is 40.5 Å². The first kappa shape index (κ1) is 18.6. The molecule has 0 saturated heterocycles. The lowest BCUT2D eigenvalue weighted by Gasteiger charge is -2.11. The Labute approximate surface area is 165 Å². The molecule has 3 aromatic heterocycles. The smallest absolute Gasteiger partial charge is 0.271 e. The lowest BCUT2D eigenvalue weighted by Crippen LogP contribution is -2.28. The number of nitrogens with zero attached hydrogens (tertiary/aromatic N) is 5. The Morgan fingerprint density at radius 1 is 1.45 bits per heavy atom. The Kier molecular flexibility index (Phi) is 4.68. The summed E-state index contributed by atoms with van der Waals surface area (Å²) in [4.78, 5) is 28.4. The number of anilines is 2. The van der Waals surface area contributed by atoms with E-state index < -0.39 is 6.04 Å². The van der Waals surface area contributed by atoms with Crippen molar-refractivity contribution in [1.82, 2.24) is 35.4 Å². The molecule has 12 heteroatoms. The van der Waals surface area contributed by atoms with Gasteiger partial charge in [-0.25, -0.2) is 20.0 Å². The molecule has 0 aromatic carbocycles. The quantitative estimate of drug-likeness (QED) is 0.385. The molecule has 1 aliphatic heterocycles. The third-order valence-electron chi connectivity index (χ3n) is 4.52. The van der Waals surface area contributed by atoms with Gasteiger partial charge < -0.3 is 31.0 Å². The second kappa shape index (κ2) is 7.31. The maximum absolute atomic E-state index is 12.7. The van der Waals surface area contributed by atoms with Crippen molar-refractivity contribution in [2.24, 2.45) is 0 Å². The van der Waals surface area contributed by atoms with Crippen LogP contribution in [0, 0.1) is 5.41 Å². The van der Waals surface area contributed by atoms with E-state index in [1.165, 1.54) is 6.33 Å². The van der Waals surface area contributed by atoms with E-state index in [4.69, 9.17) is 9.93 Å². The number of nitrogens with one attached hydrogen (secondary N) is 5. The zero-order valence-electron chi connectivity index (χ0n) is 16.1. The average molecular weight is 396 g/mol. The maximum atomic E-state index is 12.7. The highest BCUT2D eigenvalue weighted by molar-refractivity contribution is 5.95. The number of hydrogen-bond acceptors (Lipinski definition) is 10. The number of fused-ring (bicyclic) bond motifs is 1. The summed E-state index contributed by atoms with van der Waals surface area (Å²) in [7, 11) is 3.59. The Morgan fingerprint density at radius 3 is 3.00 bits per heavy atom. The molecule has 29 heavy (non-hydrogen) atoms. The number of hydrazine groups is 1. The number of aromatic nitrogens is 5. The SMILES string of the molecule is CNc1[nH]c(-c2cc([C@@H](C)NC(=O)c3ncnc4c3CN(C)N4)on2)nc1C=N. The first-order chi connectivity index (χ1) is 14.0. The third-order valence-corrected chi connectivity index (χ3v) is 4.52. The van der Waals surface area contributed by atoms with Gasteiger partial charge in [0.15, 0.2) is 11.6 Å². The number of rotatable bonds is 6. The van der Waals surface area contributed by atoms with E-state index in [1.54, 1.807) is 20.0 Å². The van der Waals surface area contributed by atoms with Crippen LogP contribution in [-0.2, 0) is 6.54 Å². The minimum Gasteiger partial charge on any atom is -0.373 e. The summed E-state index contributed by atoms with van der Waals surface area (Å²) < 4.78 is 5.39. The van der Waals surface area contributed by atoms with Gasteiger partial charge in [-0.3, -0.25) is 4.79 Å². The Hall–Kier alpha value is -3.80. The van der Waals surface area contributed by atoms with Gasteiger partial charge in [0.2, 0.25) is 0 Å². The number of imidazole rings is 1. The van der Waals surface area contributed by atoms with Crippen LogP contribution in [0.4, 0.5) is 11.6 Å². The van der Waals surface area contributed by atoms with Crippen molar-refractivity contribution in [3.63, 3.8) is 0 Å². The molecule has 3 aromatic rings. The molecule has 0 spiro atoms. The highest BCUT2D eigenvalue weighted by Crippen LogP contribution is 2.25. The summed E-state index contributed by atoms with van der Waals surface area (Å²) >= 11 is 0. The monoisotopic (exact) mass is 396 g/mol. The fourth-order valence-electron chi connectivity index (χ4n) is 3.06. The van der Waals surface area contributed by atoms with Crippen LogP contribution in [0.3, 0.4) is 0 Å². The molecule has 0 radical (unpaired) electrons. The first-order valence-electron chi connectivity index (χ1n) is 8.88. The van der Waals surface area contributed by atoms with Crippen LogP contribution in [0.2, 0.25) is 0 Å². The predicted molar refractivity (Wildman–Crippen MR) is 105 cm³/mol. The van der Waals surface area contributed by atoms with Gasteiger partial charge in [0.05, 0.1) is 6.04 Å². The summed E-state index contributed by atoms with van der Waals surface area (Å²) in [6, 6.07) is 1.25. The predicted octanol–water partition coefficient (Wildman–Crippen LogP) is 1.16. The number of carbonyl (C=O) groups excluding carboxylic acids is 1. The Morgan fingerprint density at radius 2 is 2.28 bits per heavy atom.